The van der Waals surface area contributed by atoms with Gasteiger partial charge in [-0.25, -0.2) is 4.68 Å². The van der Waals surface area contributed by atoms with E-state index in [1.165, 1.54) is 0 Å². The topological polar surface area (TPSA) is 68.1 Å². The maximum Gasteiger partial charge on any atom is 0.300 e. The van der Waals surface area contributed by atoms with Crippen molar-refractivity contribution in [3.63, 3.8) is 0 Å². The van der Waals surface area contributed by atoms with E-state index in [-0.39, 0.29) is 11.5 Å². The molecule has 2 aliphatic heterocycles. The predicted octanol–water partition coefficient (Wildman–Crippen LogP) is 2.79. The molecule has 3 heterocycles. The first kappa shape index (κ1) is 15.0. The van der Waals surface area contributed by atoms with Crippen LogP contribution in [0.2, 0.25) is 0 Å². The summed E-state index contributed by atoms with van der Waals surface area (Å²) in [6, 6.07) is 16.9. The minimum atomic E-state index is -0.662. The fourth-order valence-electron chi connectivity index (χ4n) is 3.96. The molecule has 1 fully saturated rings. The first-order chi connectivity index (χ1) is 12.6. The van der Waals surface area contributed by atoms with Gasteiger partial charge in [0.15, 0.2) is 11.5 Å². The molecule has 0 aliphatic carbocycles. The van der Waals surface area contributed by atoms with E-state index in [1.807, 2.05) is 61.5 Å². The Balaban J connectivity index is 1.85. The number of nitrogens with zero attached hydrogens (tertiary/aromatic N) is 4. The number of hydrogen-bond acceptors (Lipinski definition) is 4. The van der Waals surface area contributed by atoms with Crippen molar-refractivity contribution >= 4 is 11.6 Å². The van der Waals surface area contributed by atoms with Crippen LogP contribution in [0.4, 0.5) is 5.69 Å². The molecule has 0 bridgehead atoms. The maximum atomic E-state index is 12.7. The zero-order valence-corrected chi connectivity index (χ0v) is 14.2. The van der Waals surface area contributed by atoms with Gasteiger partial charge in [0.1, 0.15) is 5.66 Å². The lowest BCUT2D eigenvalue weighted by Gasteiger charge is -2.42. The van der Waals surface area contributed by atoms with Gasteiger partial charge in [0.05, 0.1) is 5.69 Å². The van der Waals surface area contributed by atoms with Crippen molar-refractivity contribution in [2.24, 2.45) is 0 Å². The Bertz CT molecular complexity index is 1110. The van der Waals surface area contributed by atoms with Crippen molar-refractivity contribution in [2.75, 3.05) is 4.90 Å². The average Bonchev–Trinajstić information content (AvgIpc) is 2.98. The molecule has 0 N–H and O–H groups in total. The second kappa shape index (κ2) is 5.11. The molecule has 0 unspecified atom stereocenters. The second-order valence-corrected chi connectivity index (χ2v) is 6.83. The SMILES string of the molecule is C[C@]12CCC(=O)N1c1ccccc1-c1nc(=O)c(-c3ccccc3)nn12. The van der Waals surface area contributed by atoms with Crippen molar-refractivity contribution in [3.05, 3.63) is 65.0 Å². The Morgan fingerprint density at radius 1 is 1.00 bits per heavy atom. The molecule has 128 valence electrons. The van der Waals surface area contributed by atoms with Gasteiger partial charge in [-0.05, 0) is 19.1 Å². The third-order valence-corrected chi connectivity index (χ3v) is 5.24. The summed E-state index contributed by atoms with van der Waals surface area (Å²) in [5.74, 6) is 0.575. The van der Waals surface area contributed by atoms with Gasteiger partial charge in [-0.15, -0.1) is 0 Å². The van der Waals surface area contributed by atoms with Crippen LogP contribution in [-0.2, 0) is 10.5 Å². The molecule has 5 rings (SSSR count). The first-order valence-electron chi connectivity index (χ1n) is 8.59. The molecule has 6 nitrogen and oxygen atoms in total. The number of amides is 1. The smallest absolute Gasteiger partial charge is 0.286 e. The summed E-state index contributed by atoms with van der Waals surface area (Å²) in [4.78, 5) is 31.5. The van der Waals surface area contributed by atoms with E-state index >= 15 is 0 Å². The molecule has 1 aromatic heterocycles. The Morgan fingerprint density at radius 3 is 2.54 bits per heavy atom. The Labute approximate surface area is 149 Å². The highest BCUT2D eigenvalue weighted by Gasteiger charge is 2.49. The molecule has 0 spiro atoms. The van der Waals surface area contributed by atoms with E-state index in [2.05, 4.69) is 10.1 Å². The minimum Gasteiger partial charge on any atom is -0.286 e. The number of carbonyl (C=O) groups excluding carboxylic acids is 1. The summed E-state index contributed by atoms with van der Waals surface area (Å²) < 4.78 is 1.75. The van der Waals surface area contributed by atoms with Crippen molar-refractivity contribution in [3.8, 4) is 22.6 Å². The van der Waals surface area contributed by atoms with Crippen LogP contribution in [0.5, 0.6) is 0 Å². The zero-order chi connectivity index (χ0) is 17.9. The highest BCUT2D eigenvalue weighted by atomic mass is 16.2. The van der Waals surface area contributed by atoms with Crippen LogP contribution in [0.15, 0.2) is 59.4 Å². The van der Waals surface area contributed by atoms with Crippen LogP contribution >= 0.6 is 0 Å². The molecule has 3 aromatic rings. The molecule has 0 saturated carbocycles. The van der Waals surface area contributed by atoms with Gasteiger partial charge in [-0.3, -0.25) is 14.5 Å². The number of aromatic nitrogens is 3. The van der Waals surface area contributed by atoms with Crippen LogP contribution in [0.3, 0.4) is 0 Å². The molecule has 2 aliphatic rings. The van der Waals surface area contributed by atoms with E-state index in [9.17, 15) is 9.59 Å². The number of carbonyl (C=O) groups is 1. The van der Waals surface area contributed by atoms with Crippen molar-refractivity contribution < 1.29 is 4.79 Å². The minimum absolute atomic E-state index is 0.0624. The molecule has 0 radical (unpaired) electrons. The average molecular weight is 344 g/mol. The lowest BCUT2D eigenvalue weighted by atomic mass is 10.0. The second-order valence-electron chi connectivity index (χ2n) is 6.83. The lowest BCUT2D eigenvalue weighted by molar-refractivity contribution is -0.117. The van der Waals surface area contributed by atoms with E-state index < -0.39 is 5.66 Å². The van der Waals surface area contributed by atoms with Gasteiger partial charge in [0, 0.05) is 24.0 Å². The highest BCUT2D eigenvalue weighted by molar-refractivity contribution is 6.01. The summed E-state index contributed by atoms with van der Waals surface area (Å²) in [5.41, 5.74) is 1.54. The third kappa shape index (κ3) is 1.87. The first-order valence-corrected chi connectivity index (χ1v) is 8.59. The van der Waals surface area contributed by atoms with Crippen LogP contribution in [-0.4, -0.2) is 20.7 Å². The standard InChI is InChI=1S/C20H16N4O2/c1-20-12-11-16(25)23(20)15-10-6-5-9-14(15)18-21-19(26)17(22-24(18)20)13-7-3-2-4-8-13/h2-10H,11-12H2,1H3/t20-/m0/s1. The fourth-order valence-corrected chi connectivity index (χ4v) is 3.96. The monoisotopic (exact) mass is 344 g/mol. The van der Waals surface area contributed by atoms with Gasteiger partial charge >= 0.3 is 0 Å². The molecule has 1 saturated heterocycles. The van der Waals surface area contributed by atoms with Crippen molar-refractivity contribution in [1.82, 2.24) is 14.8 Å². The van der Waals surface area contributed by atoms with Gasteiger partial charge < -0.3 is 0 Å². The molecular weight excluding hydrogens is 328 g/mol. The van der Waals surface area contributed by atoms with E-state index in [0.29, 0.717) is 24.4 Å². The normalized spacial score (nSPS) is 20.5. The molecule has 6 heteroatoms. The number of para-hydroxylation sites is 1. The van der Waals surface area contributed by atoms with E-state index in [0.717, 1.165) is 16.8 Å². The summed E-state index contributed by atoms with van der Waals surface area (Å²) in [5, 5.41) is 4.68. The van der Waals surface area contributed by atoms with Crippen LogP contribution < -0.4 is 10.5 Å². The van der Waals surface area contributed by atoms with Gasteiger partial charge in [0.2, 0.25) is 5.91 Å². The third-order valence-electron chi connectivity index (χ3n) is 5.24. The number of benzene rings is 2. The Kier molecular flexibility index (Phi) is 2.95. The molecular formula is C20H16N4O2. The number of rotatable bonds is 1. The zero-order valence-electron chi connectivity index (χ0n) is 14.2. The van der Waals surface area contributed by atoms with Crippen molar-refractivity contribution in [1.29, 1.82) is 0 Å². The Hall–Kier alpha value is -3.28. The maximum absolute atomic E-state index is 12.7. The van der Waals surface area contributed by atoms with Gasteiger partial charge in [-0.2, -0.15) is 10.1 Å². The fraction of sp³-hybridized carbons (Fsp3) is 0.200. The number of anilines is 1. The number of fused-ring (bicyclic) bond motifs is 6. The van der Waals surface area contributed by atoms with Crippen molar-refractivity contribution in [2.45, 2.75) is 25.4 Å². The van der Waals surface area contributed by atoms with E-state index in [1.54, 1.807) is 9.58 Å². The molecule has 26 heavy (non-hydrogen) atoms. The van der Waals surface area contributed by atoms with Crippen LogP contribution in [0.1, 0.15) is 19.8 Å². The summed E-state index contributed by atoms with van der Waals surface area (Å²) in [6.45, 7) is 1.98. The quantitative estimate of drug-likeness (QED) is 0.681. The lowest BCUT2D eigenvalue weighted by Crippen LogP contribution is -2.51. The molecule has 1 atom stereocenters. The molecule has 2 aromatic carbocycles. The Morgan fingerprint density at radius 2 is 1.73 bits per heavy atom. The van der Waals surface area contributed by atoms with Gasteiger partial charge in [-0.1, -0.05) is 42.5 Å². The number of hydrogen-bond donors (Lipinski definition) is 0. The highest BCUT2D eigenvalue weighted by Crippen LogP contribution is 2.47. The van der Waals surface area contributed by atoms with E-state index in [4.69, 9.17) is 0 Å². The summed E-state index contributed by atoms with van der Waals surface area (Å²) >= 11 is 0. The predicted molar refractivity (Wildman–Crippen MR) is 97.5 cm³/mol. The molecule has 1 amide bonds. The van der Waals surface area contributed by atoms with Crippen LogP contribution in [0, 0.1) is 0 Å². The van der Waals surface area contributed by atoms with Gasteiger partial charge in [0.25, 0.3) is 5.56 Å². The largest absolute Gasteiger partial charge is 0.300 e. The summed E-state index contributed by atoms with van der Waals surface area (Å²) in [7, 11) is 0. The van der Waals surface area contributed by atoms with Crippen LogP contribution in [0.25, 0.3) is 22.6 Å². The summed E-state index contributed by atoms with van der Waals surface area (Å²) in [6.07, 6.45) is 1.07.